The molecule has 2 aromatic rings. The topological polar surface area (TPSA) is 257 Å². The van der Waals surface area contributed by atoms with Crippen molar-refractivity contribution in [1.82, 2.24) is 0 Å². The number of allylic oxidation sites excluding steroid dienone is 1. The van der Waals surface area contributed by atoms with E-state index in [0.717, 1.165) is 66.8 Å². The molecule has 0 fully saturated rings. The van der Waals surface area contributed by atoms with E-state index in [9.17, 15) is 79.2 Å². The second-order valence-electron chi connectivity index (χ2n) is 8.74. The van der Waals surface area contributed by atoms with Crippen LogP contribution < -0.4 is 42.6 Å². The first kappa shape index (κ1) is 47.7. The Morgan fingerprint density at radius 1 is 0.647 bits per heavy atom. The molecule has 1 heterocycles. The summed E-state index contributed by atoms with van der Waals surface area (Å²) in [5.41, 5.74) is -11.5. The van der Waals surface area contributed by atoms with Crippen LogP contribution in [0.25, 0.3) is 8.25 Å². The Labute approximate surface area is 308 Å². The molecule has 0 aliphatic carbocycles. The Hall–Kier alpha value is -3.31. The number of alkyl halides is 6. The molecule has 0 saturated carbocycles. The van der Waals surface area contributed by atoms with Gasteiger partial charge in [-0.25, -0.2) is 43.4 Å². The number of halogens is 6. The maximum Gasteiger partial charge on any atom is 1.00 e. The fourth-order valence-electron chi connectivity index (χ4n) is 3.05. The number of hydrogen-bond donors (Lipinski definition) is 1. The van der Waals surface area contributed by atoms with Gasteiger partial charge in [0, 0.05) is 34.4 Å². The molecule has 0 radical (unpaired) electrons. The largest absolute Gasteiger partial charge is 1.00 e. The van der Waals surface area contributed by atoms with E-state index >= 15 is 0 Å². The van der Waals surface area contributed by atoms with Gasteiger partial charge in [0.15, 0.2) is 25.8 Å². The average molecular weight is 798 g/mol. The van der Waals surface area contributed by atoms with Gasteiger partial charge in [0.1, 0.15) is 20.0 Å². The predicted octanol–water partition coefficient (Wildman–Crippen LogP) is -3.61. The fraction of sp³-hybridized carbons (Fsp3) is 0.130. The summed E-state index contributed by atoms with van der Waals surface area (Å²) in [6, 6.07) is 6.99. The van der Waals surface area contributed by atoms with Gasteiger partial charge in [0.05, 0.1) is 5.69 Å². The molecular weight excluding hydrogens is 782 g/mol. The zero-order chi connectivity index (χ0) is 37.8. The molecule has 0 spiro atoms. The Balaban J connectivity index is 0.000000944. The Bertz CT molecular complexity index is 2140. The number of imide groups is 1. The predicted molar refractivity (Wildman–Crippen MR) is 151 cm³/mol. The van der Waals surface area contributed by atoms with Crippen LogP contribution in [0.15, 0.2) is 82.6 Å². The zero-order valence-electron chi connectivity index (χ0n) is 25.2. The van der Waals surface area contributed by atoms with E-state index in [1.165, 1.54) is 0 Å². The first-order valence-electron chi connectivity index (χ1n) is 11.9. The number of nitrogens with zero attached hydrogens (tertiary/aromatic N) is 3. The van der Waals surface area contributed by atoms with Gasteiger partial charge < -0.3 is 13.4 Å². The summed E-state index contributed by atoms with van der Waals surface area (Å²) in [7, 11) is -22.8. The van der Waals surface area contributed by atoms with Crippen molar-refractivity contribution in [3.8, 4) is 0 Å². The van der Waals surface area contributed by atoms with Crippen LogP contribution in [0, 0.1) is 0 Å². The maximum absolute atomic E-state index is 12.2. The molecule has 16 nitrogen and oxygen atoms in total. The van der Waals surface area contributed by atoms with Gasteiger partial charge in [-0.1, -0.05) is 12.1 Å². The van der Waals surface area contributed by atoms with E-state index < -0.39 is 84.5 Å². The van der Waals surface area contributed by atoms with Gasteiger partial charge in [0.25, 0.3) is 11.8 Å². The Morgan fingerprint density at radius 2 is 1.00 bits per heavy atom. The van der Waals surface area contributed by atoms with Crippen LogP contribution in [0.2, 0.25) is 0 Å². The van der Waals surface area contributed by atoms with Gasteiger partial charge in [-0.15, -0.1) is 0 Å². The van der Waals surface area contributed by atoms with Crippen molar-refractivity contribution >= 4 is 69.3 Å². The number of carboxylic acid groups (broad SMARTS) is 1. The smallest absolute Gasteiger partial charge is 0.478 e. The summed E-state index contributed by atoms with van der Waals surface area (Å²) < 4.78 is 167. The van der Waals surface area contributed by atoms with Gasteiger partial charge in [-0.3, -0.25) is 14.4 Å². The fourth-order valence-corrected chi connectivity index (χ4v) is 7.45. The third-order valence-electron chi connectivity index (χ3n) is 5.19. The number of sulfonamides is 4. The molecule has 0 unspecified atom stereocenters. The van der Waals surface area contributed by atoms with Crippen molar-refractivity contribution in [2.75, 3.05) is 4.90 Å². The van der Waals surface area contributed by atoms with Crippen LogP contribution in [0.5, 0.6) is 0 Å². The molecule has 1 aliphatic heterocycles. The summed E-state index contributed by atoms with van der Waals surface area (Å²) in [6.07, 6.45) is 3.01. The number of benzene rings is 2. The Morgan fingerprint density at radius 3 is 1.33 bits per heavy atom. The van der Waals surface area contributed by atoms with E-state index in [-0.39, 0.29) is 55.4 Å². The molecule has 2 amide bonds. The normalized spacial score (nSPS) is 14.0. The van der Waals surface area contributed by atoms with Gasteiger partial charge in [-0.05, 0) is 48.0 Å². The van der Waals surface area contributed by atoms with Crippen LogP contribution >= 0.6 is 0 Å². The molecule has 1 aliphatic rings. The summed E-state index contributed by atoms with van der Waals surface area (Å²) >= 11 is 0. The van der Waals surface area contributed by atoms with E-state index in [0.29, 0.717) is 11.0 Å². The number of ketones is 1. The molecule has 1 N–H and O–H groups in total. The van der Waals surface area contributed by atoms with Crippen molar-refractivity contribution in [2.45, 2.75) is 27.2 Å². The van der Waals surface area contributed by atoms with Crippen LogP contribution in [-0.2, 0) is 65.7 Å². The van der Waals surface area contributed by atoms with Gasteiger partial charge in [0.2, 0.25) is 0 Å². The van der Waals surface area contributed by atoms with Gasteiger partial charge >= 0.3 is 54.7 Å². The number of carbonyl (C=O) groups is 4. The summed E-state index contributed by atoms with van der Waals surface area (Å²) in [4.78, 5) is 43.5. The van der Waals surface area contributed by atoms with Crippen molar-refractivity contribution in [2.24, 2.45) is 0 Å². The number of carbonyl (C=O) groups excluding carboxylic acids is 3. The first-order valence-corrected chi connectivity index (χ1v) is 17.7. The molecule has 51 heavy (non-hydrogen) atoms. The van der Waals surface area contributed by atoms with Gasteiger partial charge in [-0.2, -0.15) is 26.3 Å². The van der Waals surface area contributed by atoms with Crippen LogP contribution in [0.4, 0.5) is 32.0 Å². The molecular formula is C23H15F6Li2N3O13S4. The monoisotopic (exact) mass is 797 g/mol. The number of hydrogen-bond acceptors (Lipinski definition) is 12. The third-order valence-corrected chi connectivity index (χ3v) is 11.2. The number of anilines is 1. The molecule has 28 heteroatoms. The van der Waals surface area contributed by atoms with E-state index in [4.69, 9.17) is 5.11 Å². The van der Waals surface area contributed by atoms with Crippen LogP contribution in [0.3, 0.4) is 0 Å². The second-order valence-corrected chi connectivity index (χ2v) is 15.6. The molecule has 2 aromatic carbocycles. The summed E-state index contributed by atoms with van der Waals surface area (Å²) in [6.45, 7) is 0. The Kier molecular flexibility index (Phi) is 16.3. The van der Waals surface area contributed by atoms with Crippen LogP contribution in [0.1, 0.15) is 5.56 Å². The summed E-state index contributed by atoms with van der Waals surface area (Å²) in [5.74, 6) is -3.36. The van der Waals surface area contributed by atoms with Crippen molar-refractivity contribution in [3.63, 3.8) is 0 Å². The van der Waals surface area contributed by atoms with Crippen LogP contribution in [-0.4, -0.2) is 73.4 Å². The maximum atomic E-state index is 12.2. The zero-order valence-corrected chi connectivity index (χ0v) is 28.5. The molecule has 0 saturated heterocycles. The third kappa shape index (κ3) is 13.0. The average Bonchev–Trinajstić information content (AvgIpc) is 3.27. The molecule has 268 valence electrons. The van der Waals surface area contributed by atoms with E-state index in [2.05, 4.69) is 0 Å². The minimum Gasteiger partial charge on any atom is -0.478 e. The minimum atomic E-state index is -6.24. The minimum absolute atomic E-state index is 0. The van der Waals surface area contributed by atoms with Crippen molar-refractivity contribution in [3.05, 3.63) is 86.7 Å². The standard InChI is InChI=1S/C12H9F3NO7S2.C11H6F3N2O6S2.2Li/c13-12(14,15)25(22,23)16-24(20,21)10-4-1-8(2-5-10)7-9(17)3-6-11(18)19;12-11(13,14)24(21,22)15-23(19,20)8-3-1-7(2-4-8)16-9(17)5-6-10(16)18;;/h1-6H,7H2,(H,18,19);1-6H;;/q2*-1;2*+1/b6-3-;;;. The first-order chi connectivity index (χ1) is 22.1. The number of carboxylic acids is 1. The van der Waals surface area contributed by atoms with Crippen molar-refractivity contribution in [1.29, 1.82) is 0 Å². The number of aliphatic carboxylic acids is 1. The molecule has 0 bridgehead atoms. The molecule has 3 rings (SSSR count). The van der Waals surface area contributed by atoms with E-state index in [1.807, 2.05) is 8.25 Å². The quantitative estimate of drug-likeness (QED) is 0.0999. The molecule has 0 atom stereocenters. The molecule has 0 aromatic heterocycles. The second kappa shape index (κ2) is 17.5. The SMILES string of the molecule is O=C(O)/C=C\C(=O)Cc1ccc(S(=O)(=O)[N-]S(=O)(=O)C(F)(F)F)cc1.O=C1C=CC(=O)N1c1ccc(S(=O)(=O)[N-]S(=O)(=O)C(F)(F)F)cc1.[Li+].[Li+]. The number of amides is 2. The number of rotatable bonds is 11. The summed E-state index contributed by atoms with van der Waals surface area (Å²) in [5, 5.41) is 8.36. The van der Waals surface area contributed by atoms with Crippen molar-refractivity contribution < 1.29 is 122 Å². The van der Waals surface area contributed by atoms with E-state index in [1.54, 1.807) is 0 Å².